The van der Waals surface area contributed by atoms with Gasteiger partial charge >= 0.3 is 12.2 Å². The monoisotopic (exact) mass is 696 g/mol. The summed E-state index contributed by atoms with van der Waals surface area (Å²) in [5, 5.41) is 2.23. The van der Waals surface area contributed by atoms with E-state index in [1.165, 1.54) is 0 Å². The summed E-state index contributed by atoms with van der Waals surface area (Å²) in [6.45, 7) is -0.678. The number of nitrogens with zero attached hydrogens (tertiary/aromatic N) is 2. The van der Waals surface area contributed by atoms with Gasteiger partial charge in [-0.2, -0.15) is 0 Å². The van der Waals surface area contributed by atoms with Crippen LogP contribution < -0.4 is 0 Å². The van der Waals surface area contributed by atoms with Crippen LogP contribution in [0.2, 0.25) is 0 Å². The molecule has 1 unspecified atom stereocenters. The van der Waals surface area contributed by atoms with E-state index in [0.717, 1.165) is 20.1 Å². The maximum absolute atomic E-state index is 13.2. The summed E-state index contributed by atoms with van der Waals surface area (Å²) in [5.41, 5.74) is -0.540. The molecule has 6 rings (SSSR count). The van der Waals surface area contributed by atoms with Crippen molar-refractivity contribution in [1.82, 2.24) is 10.0 Å². The molecule has 2 amide bonds. The fourth-order valence-corrected chi connectivity index (χ4v) is 6.01. The first-order valence-electron chi connectivity index (χ1n) is 11.0. The Morgan fingerprint density at radius 1 is 0.892 bits per heavy atom. The van der Waals surface area contributed by atoms with Crippen molar-refractivity contribution in [3.8, 4) is 0 Å². The van der Waals surface area contributed by atoms with E-state index in [9.17, 15) is 9.59 Å². The first-order chi connectivity index (χ1) is 17.2. The molecule has 5 atom stereocenters. The van der Waals surface area contributed by atoms with Crippen LogP contribution in [0.4, 0.5) is 9.59 Å². The van der Waals surface area contributed by atoms with Gasteiger partial charge in [-0.3, -0.25) is 0 Å². The third kappa shape index (κ3) is 5.37. The summed E-state index contributed by atoms with van der Waals surface area (Å²) >= 11 is 38.0. The third-order valence-electron chi connectivity index (χ3n) is 6.78. The zero-order valence-corrected chi connectivity index (χ0v) is 24.8. The second-order valence-electron chi connectivity index (χ2n) is 9.15. The van der Waals surface area contributed by atoms with E-state index < -0.39 is 56.3 Å². The van der Waals surface area contributed by atoms with Crippen LogP contribution in [0.1, 0.15) is 18.4 Å². The molecule has 0 N–H and O–H groups in total. The van der Waals surface area contributed by atoms with Crippen LogP contribution in [0.3, 0.4) is 0 Å². The maximum atomic E-state index is 13.2. The summed E-state index contributed by atoms with van der Waals surface area (Å²) in [7, 11) is 0. The lowest BCUT2D eigenvalue weighted by Gasteiger charge is -2.50. The Labute approximate surface area is 251 Å². The molecule has 202 valence electrons. The van der Waals surface area contributed by atoms with Crippen LogP contribution in [-0.4, -0.2) is 72.4 Å². The van der Waals surface area contributed by atoms with Crippen molar-refractivity contribution < 1.29 is 28.5 Å². The number of amides is 2. The first-order valence-corrected chi connectivity index (χ1v) is 14.1. The van der Waals surface area contributed by atoms with E-state index in [1.807, 2.05) is 24.3 Å². The highest BCUT2D eigenvalue weighted by molar-refractivity contribution is 9.10. The minimum Gasteiger partial charge on any atom is -0.444 e. The second kappa shape index (κ2) is 9.93. The van der Waals surface area contributed by atoms with Crippen molar-refractivity contribution in [2.24, 2.45) is 0 Å². The van der Waals surface area contributed by atoms with Gasteiger partial charge in [-0.05, 0) is 17.7 Å². The molecule has 3 heterocycles. The number of fused-ring (bicyclic) bond motifs is 1. The maximum Gasteiger partial charge on any atom is 0.429 e. The summed E-state index contributed by atoms with van der Waals surface area (Å²) in [6, 6.07) is 6.41. The average Bonchev–Trinajstić information content (AvgIpc) is 3.38. The topological polar surface area (TPSA) is 80.8 Å². The Morgan fingerprint density at radius 2 is 1.35 bits per heavy atom. The van der Waals surface area contributed by atoms with Crippen LogP contribution >= 0.6 is 85.5 Å². The molecule has 3 fully saturated rings. The molecule has 0 aromatic heterocycles. The highest BCUT2D eigenvalue weighted by Crippen LogP contribution is 2.70. The number of halogens is 7. The Morgan fingerprint density at radius 3 is 1.78 bits per heavy atom. The molecule has 37 heavy (non-hydrogen) atoms. The van der Waals surface area contributed by atoms with Crippen LogP contribution in [0.25, 0.3) is 0 Å². The second-order valence-corrected chi connectivity index (χ2v) is 15.1. The van der Waals surface area contributed by atoms with Crippen LogP contribution in [0.5, 0.6) is 0 Å². The van der Waals surface area contributed by atoms with Crippen molar-refractivity contribution in [2.45, 2.75) is 56.4 Å². The molecule has 1 aromatic rings. The predicted molar refractivity (Wildman–Crippen MR) is 142 cm³/mol. The molecule has 2 saturated heterocycles. The van der Waals surface area contributed by atoms with Crippen LogP contribution in [0.15, 0.2) is 40.9 Å². The number of carbonyl (C=O) groups is 2. The lowest BCUT2D eigenvalue weighted by molar-refractivity contribution is -0.0881. The molecule has 2 bridgehead atoms. The van der Waals surface area contributed by atoms with E-state index in [0.29, 0.717) is 19.4 Å². The van der Waals surface area contributed by atoms with Gasteiger partial charge in [-0.1, -0.05) is 110 Å². The van der Waals surface area contributed by atoms with Crippen molar-refractivity contribution in [3.05, 3.63) is 46.5 Å². The van der Waals surface area contributed by atoms with E-state index in [-0.39, 0.29) is 6.10 Å². The number of hydrogen-bond acceptors (Lipinski definition) is 6. The summed E-state index contributed by atoms with van der Waals surface area (Å²) in [4.78, 5) is 26.4. The minimum absolute atomic E-state index is 0.182. The number of epoxide rings is 1. The Balaban J connectivity index is 1.37. The van der Waals surface area contributed by atoms with Crippen molar-refractivity contribution in [3.63, 3.8) is 0 Å². The van der Waals surface area contributed by atoms with Crippen molar-refractivity contribution in [1.29, 1.82) is 0 Å². The lowest BCUT2D eigenvalue weighted by atomic mass is 9.76. The molecule has 1 aromatic carbocycles. The molecular formula is C22H19BrCl6N2O6. The van der Waals surface area contributed by atoms with Gasteiger partial charge in [0.25, 0.3) is 0 Å². The SMILES string of the molecule is O=C(OCC(Cl)(Cl)Cl)N1[C@H]2C=C[C@@H](N1C(=O)OCC(Cl)(Cl)Cl)[C@]13CC(OCc4ccc(Br)cc4)C[C@@]21O3. The van der Waals surface area contributed by atoms with E-state index in [1.54, 1.807) is 12.2 Å². The van der Waals surface area contributed by atoms with E-state index >= 15 is 0 Å². The highest BCUT2D eigenvalue weighted by Gasteiger charge is 2.86. The quantitative estimate of drug-likeness (QED) is 0.199. The number of hydrazine groups is 1. The normalized spacial score (nSPS) is 31.7. The van der Waals surface area contributed by atoms with Crippen LogP contribution in [-0.2, 0) is 25.6 Å². The number of ether oxygens (including phenoxy) is 4. The van der Waals surface area contributed by atoms with Gasteiger partial charge in [-0.15, -0.1) is 0 Å². The minimum atomic E-state index is -1.85. The van der Waals surface area contributed by atoms with Gasteiger partial charge in [0.05, 0.1) is 12.7 Å². The third-order valence-corrected chi connectivity index (χ3v) is 7.97. The van der Waals surface area contributed by atoms with Gasteiger partial charge in [0, 0.05) is 17.3 Å². The number of hydrogen-bond donors (Lipinski definition) is 0. The standard InChI is InChI=1S/C22H19BrCl6N2O6/c23-13-3-1-12(2-4-13)9-34-14-7-19-15-5-6-16(20(19,8-14)37-19)31(18(33)36-11-22(27,28)29)30(15)17(32)35-10-21(24,25)26/h1-6,14-16H,7-11H2/t14?,15-,16+,19-,20-/m1/s1. The summed E-state index contributed by atoms with van der Waals surface area (Å²) in [5.74, 6) is 0. The largest absolute Gasteiger partial charge is 0.444 e. The van der Waals surface area contributed by atoms with Crippen molar-refractivity contribution >= 4 is 97.7 Å². The molecule has 15 heteroatoms. The fraction of sp³-hybridized carbons (Fsp3) is 0.545. The average molecular weight is 700 g/mol. The van der Waals surface area contributed by atoms with Gasteiger partial charge in [0.15, 0.2) is 0 Å². The number of rotatable bonds is 5. The molecule has 5 aliphatic rings. The Kier molecular flexibility index (Phi) is 7.56. The van der Waals surface area contributed by atoms with Gasteiger partial charge < -0.3 is 18.9 Å². The van der Waals surface area contributed by atoms with E-state index in [2.05, 4.69) is 15.9 Å². The predicted octanol–water partition coefficient (Wildman–Crippen LogP) is 6.49. The summed E-state index contributed by atoms with van der Waals surface area (Å²) < 4.78 is 20.2. The summed E-state index contributed by atoms with van der Waals surface area (Å²) in [6.07, 6.45) is 2.56. The van der Waals surface area contributed by atoms with Gasteiger partial charge in [0.1, 0.15) is 36.5 Å². The number of carbonyl (C=O) groups excluding carboxylic acids is 2. The molecule has 8 nitrogen and oxygen atoms in total. The Bertz CT molecular complexity index is 1050. The number of benzene rings is 1. The number of alkyl halides is 6. The van der Waals surface area contributed by atoms with Gasteiger partial charge in [-0.25, -0.2) is 19.6 Å². The van der Waals surface area contributed by atoms with Crippen molar-refractivity contribution in [2.75, 3.05) is 13.2 Å². The molecule has 0 radical (unpaired) electrons. The van der Waals surface area contributed by atoms with Gasteiger partial charge in [0.2, 0.25) is 7.59 Å². The molecule has 1 saturated carbocycles. The molecule has 2 aliphatic carbocycles. The zero-order chi connectivity index (χ0) is 26.8. The molecule has 3 aliphatic heterocycles. The zero-order valence-electron chi connectivity index (χ0n) is 18.7. The first kappa shape index (κ1) is 28.2. The smallest absolute Gasteiger partial charge is 0.429 e. The van der Waals surface area contributed by atoms with Crippen LogP contribution in [0, 0.1) is 0 Å². The Hall–Kier alpha value is -0.360. The highest BCUT2D eigenvalue weighted by atomic mass is 79.9. The molecule has 0 spiro atoms. The molecular weight excluding hydrogens is 681 g/mol. The lowest BCUT2D eigenvalue weighted by Crippen LogP contribution is -2.71. The fourth-order valence-electron chi connectivity index (χ4n) is 5.42. The van der Waals surface area contributed by atoms with E-state index in [4.69, 9.17) is 88.6 Å².